The van der Waals surface area contributed by atoms with Crippen LogP contribution in [0.15, 0.2) is 217 Å². The Bertz CT molecular complexity index is 3520. The molecule has 0 radical (unpaired) electrons. The van der Waals surface area contributed by atoms with Crippen molar-refractivity contribution in [2.24, 2.45) is 0 Å². The van der Waals surface area contributed by atoms with E-state index in [0.717, 1.165) is 50.1 Å². The lowest BCUT2D eigenvalue weighted by Gasteiger charge is -2.28. The highest BCUT2D eigenvalue weighted by molar-refractivity contribution is 6.13. The fourth-order valence-corrected chi connectivity index (χ4v) is 10.2. The molecular formula is C59H41NO. The molecule has 0 fully saturated rings. The van der Waals surface area contributed by atoms with Crippen LogP contribution in [0.5, 0.6) is 0 Å². The molecule has 1 aliphatic rings. The summed E-state index contributed by atoms with van der Waals surface area (Å²) in [6, 6.07) is 77.4. The molecule has 61 heavy (non-hydrogen) atoms. The number of furan rings is 1. The molecule has 288 valence electrons. The molecule has 2 heteroatoms. The van der Waals surface area contributed by atoms with Gasteiger partial charge in [0.05, 0.1) is 5.69 Å². The lowest BCUT2D eigenvalue weighted by atomic mass is 9.82. The van der Waals surface area contributed by atoms with E-state index in [0.29, 0.717) is 0 Å². The van der Waals surface area contributed by atoms with E-state index in [2.05, 4.69) is 225 Å². The third-order valence-electron chi connectivity index (χ3n) is 13.1. The monoisotopic (exact) mass is 779 g/mol. The van der Waals surface area contributed by atoms with Gasteiger partial charge in [0.25, 0.3) is 0 Å². The number of rotatable bonds is 6. The second-order valence-corrected chi connectivity index (χ2v) is 16.8. The summed E-state index contributed by atoms with van der Waals surface area (Å²) >= 11 is 0. The average molecular weight is 780 g/mol. The minimum Gasteiger partial charge on any atom is -0.455 e. The Hall–Kier alpha value is -7.68. The van der Waals surface area contributed by atoms with E-state index in [1.165, 1.54) is 66.1 Å². The predicted octanol–water partition coefficient (Wildman–Crippen LogP) is 16.7. The molecule has 0 atom stereocenters. The first-order valence-electron chi connectivity index (χ1n) is 21.2. The van der Waals surface area contributed by atoms with Crippen LogP contribution in [0.1, 0.15) is 25.0 Å². The van der Waals surface area contributed by atoms with Crippen molar-refractivity contribution >= 4 is 60.5 Å². The molecule has 10 aromatic carbocycles. The van der Waals surface area contributed by atoms with E-state index in [9.17, 15) is 0 Å². The summed E-state index contributed by atoms with van der Waals surface area (Å²) in [6.07, 6.45) is 0. The summed E-state index contributed by atoms with van der Waals surface area (Å²) < 4.78 is 6.66. The van der Waals surface area contributed by atoms with Crippen LogP contribution in [-0.2, 0) is 5.41 Å². The molecule has 2 nitrogen and oxygen atoms in total. The van der Waals surface area contributed by atoms with Crippen LogP contribution >= 0.6 is 0 Å². The molecule has 0 aliphatic heterocycles. The smallest absolute Gasteiger partial charge is 0.143 e. The van der Waals surface area contributed by atoms with Gasteiger partial charge in [-0.15, -0.1) is 0 Å². The van der Waals surface area contributed by atoms with Crippen LogP contribution in [0, 0.1) is 0 Å². The zero-order valence-electron chi connectivity index (χ0n) is 34.1. The van der Waals surface area contributed by atoms with Gasteiger partial charge in [-0.25, -0.2) is 0 Å². The Kier molecular flexibility index (Phi) is 7.92. The normalized spacial score (nSPS) is 12.9. The van der Waals surface area contributed by atoms with Gasteiger partial charge in [0.15, 0.2) is 0 Å². The third kappa shape index (κ3) is 5.49. The Morgan fingerprint density at radius 3 is 1.90 bits per heavy atom. The zero-order chi connectivity index (χ0) is 40.7. The maximum Gasteiger partial charge on any atom is 0.143 e. The summed E-state index contributed by atoms with van der Waals surface area (Å²) in [6.45, 7) is 4.70. The summed E-state index contributed by atoms with van der Waals surface area (Å²) in [5.41, 5.74) is 17.3. The maximum atomic E-state index is 6.66. The van der Waals surface area contributed by atoms with Crippen LogP contribution in [0.2, 0.25) is 0 Å². The van der Waals surface area contributed by atoms with Gasteiger partial charge < -0.3 is 9.32 Å². The summed E-state index contributed by atoms with van der Waals surface area (Å²) in [5.74, 6) is 0. The molecular weight excluding hydrogens is 739 g/mol. The van der Waals surface area contributed by atoms with Gasteiger partial charge in [-0.3, -0.25) is 0 Å². The van der Waals surface area contributed by atoms with Gasteiger partial charge in [-0.05, 0) is 102 Å². The largest absolute Gasteiger partial charge is 0.455 e. The van der Waals surface area contributed by atoms with Crippen molar-refractivity contribution < 1.29 is 4.42 Å². The molecule has 0 amide bonds. The minimum absolute atomic E-state index is 0.0822. The van der Waals surface area contributed by atoms with Gasteiger partial charge in [-0.1, -0.05) is 190 Å². The zero-order valence-corrected chi connectivity index (χ0v) is 34.1. The van der Waals surface area contributed by atoms with E-state index in [1.54, 1.807) is 0 Å². The van der Waals surface area contributed by atoms with Crippen LogP contribution in [-0.4, -0.2) is 0 Å². The lowest BCUT2D eigenvalue weighted by Crippen LogP contribution is -2.14. The topological polar surface area (TPSA) is 16.4 Å². The summed E-state index contributed by atoms with van der Waals surface area (Å²) in [5, 5.41) is 7.29. The predicted molar refractivity (Wildman–Crippen MR) is 257 cm³/mol. The molecule has 0 spiro atoms. The van der Waals surface area contributed by atoms with Gasteiger partial charge >= 0.3 is 0 Å². The highest BCUT2D eigenvalue weighted by Gasteiger charge is 2.36. The molecule has 12 rings (SSSR count). The number of fused-ring (bicyclic) bond motifs is 9. The quantitative estimate of drug-likeness (QED) is 0.156. The number of anilines is 3. The lowest BCUT2D eigenvalue weighted by molar-refractivity contribution is 0.660. The first-order valence-corrected chi connectivity index (χ1v) is 21.2. The number of hydrogen-bond donors (Lipinski definition) is 0. The second-order valence-electron chi connectivity index (χ2n) is 16.8. The summed E-state index contributed by atoms with van der Waals surface area (Å²) in [4.78, 5) is 2.42. The van der Waals surface area contributed by atoms with Gasteiger partial charge in [-0.2, -0.15) is 0 Å². The van der Waals surface area contributed by atoms with Gasteiger partial charge in [0, 0.05) is 38.7 Å². The van der Waals surface area contributed by atoms with E-state index in [-0.39, 0.29) is 5.41 Å². The standard InChI is InChI=1S/C59H41NO/c1-59(2)53-27-8-5-21-52(53)57-45(23-14-28-54(57)59)40-16-11-17-42(37-40)60(55-29-9-6-19-48(55)50-25-13-26-51-49-20-7-10-30-56(49)61-58(50)51)41-34-31-39(32-35-41)44-22-12-24-46-43-18-4-3-15-38(43)33-36-47(44)46/h3-37H,1-2H3. The minimum atomic E-state index is -0.0822. The molecule has 0 bridgehead atoms. The Balaban J connectivity index is 1.05. The van der Waals surface area contributed by atoms with Crippen molar-refractivity contribution in [2.75, 3.05) is 4.90 Å². The van der Waals surface area contributed by atoms with Crippen molar-refractivity contribution in [3.8, 4) is 44.5 Å². The second kappa shape index (κ2) is 13.7. The maximum absolute atomic E-state index is 6.66. The highest BCUT2D eigenvalue weighted by atomic mass is 16.3. The van der Waals surface area contributed by atoms with Crippen LogP contribution in [0.4, 0.5) is 17.1 Å². The number of para-hydroxylation sites is 3. The first-order chi connectivity index (χ1) is 30.0. The molecule has 0 saturated heterocycles. The fourth-order valence-electron chi connectivity index (χ4n) is 10.2. The van der Waals surface area contributed by atoms with Crippen molar-refractivity contribution in [3.63, 3.8) is 0 Å². The molecule has 1 aromatic heterocycles. The number of hydrogen-bond acceptors (Lipinski definition) is 2. The van der Waals surface area contributed by atoms with Crippen molar-refractivity contribution in [2.45, 2.75) is 19.3 Å². The molecule has 0 unspecified atom stereocenters. The van der Waals surface area contributed by atoms with Crippen LogP contribution in [0.25, 0.3) is 88.0 Å². The van der Waals surface area contributed by atoms with E-state index >= 15 is 0 Å². The molecule has 0 saturated carbocycles. The molecule has 11 aromatic rings. The van der Waals surface area contributed by atoms with E-state index in [1.807, 2.05) is 6.07 Å². The Labute approximate surface area is 355 Å². The number of nitrogens with zero attached hydrogens (tertiary/aromatic N) is 1. The molecule has 1 heterocycles. The van der Waals surface area contributed by atoms with Crippen molar-refractivity contribution in [1.29, 1.82) is 0 Å². The molecule has 1 aliphatic carbocycles. The average Bonchev–Trinajstić information content (AvgIpc) is 3.81. The van der Waals surface area contributed by atoms with E-state index in [4.69, 9.17) is 4.42 Å². The van der Waals surface area contributed by atoms with Crippen molar-refractivity contribution in [3.05, 3.63) is 223 Å². The van der Waals surface area contributed by atoms with Crippen LogP contribution in [0.3, 0.4) is 0 Å². The SMILES string of the molecule is CC1(C)c2ccccc2-c2c(-c3cccc(N(c4ccc(-c5cccc6c5ccc5ccccc56)cc4)c4ccccc4-c4cccc5c4oc4ccccc45)c3)cccc21. The Morgan fingerprint density at radius 2 is 1.02 bits per heavy atom. The van der Waals surface area contributed by atoms with E-state index < -0.39 is 0 Å². The van der Waals surface area contributed by atoms with Gasteiger partial charge in [0.2, 0.25) is 0 Å². The molecule has 0 N–H and O–H groups in total. The van der Waals surface area contributed by atoms with Crippen molar-refractivity contribution in [1.82, 2.24) is 0 Å². The number of benzene rings is 10. The fraction of sp³-hybridized carbons (Fsp3) is 0.0508. The highest BCUT2D eigenvalue weighted by Crippen LogP contribution is 2.53. The Morgan fingerprint density at radius 1 is 0.377 bits per heavy atom. The van der Waals surface area contributed by atoms with Gasteiger partial charge in [0.1, 0.15) is 11.2 Å². The van der Waals surface area contributed by atoms with Crippen LogP contribution < -0.4 is 4.90 Å². The summed E-state index contributed by atoms with van der Waals surface area (Å²) in [7, 11) is 0. The first kappa shape index (κ1) is 35.3. The third-order valence-corrected chi connectivity index (χ3v) is 13.1.